The van der Waals surface area contributed by atoms with E-state index >= 15 is 0 Å². The summed E-state index contributed by atoms with van der Waals surface area (Å²) in [5.74, 6) is -0.0769. The van der Waals surface area contributed by atoms with Crippen LogP contribution in [0.1, 0.15) is 38.8 Å². The van der Waals surface area contributed by atoms with Crippen molar-refractivity contribution in [2.45, 2.75) is 50.2 Å². The zero-order chi connectivity index (χ0) is 20.1. The van der Waals surface area contributed by atoms with E-state index in [0.29, 0.717) is 22.6 Å². The minimum absolute atomic E-state index is 0.00619. The number of rotatable bonds is 7. The lowest BCUT2D eigenvalue weighted by Crippen LogP contribution is -2.32. The van der Waals surface area contributed by atoms with Crippen molar-refractivity contribution in [2.75, 3.05) is 0 Å². The lowest BCUT2D eigenvalue weighted by atomic mass is 10.2. The van der Waals surface area contributed by atoms with Gasteiger partial charge in [-0.25, -0.2) is 4.98 Å². The van der Waals surface area contributed by atoms with Crippen molar-refractivity contribution in [3.8, 4) is 0 Å². The third-order valence-electron chi connectivity index (χ3n) is 4.77. The number of carbonyl (C=O) groups is 1. The highest BCUT2D eigenvalue weighted by molar-refractivity contribution is 8.00. The van der Waals surface area contributed by atoms with E-state index in [4.69, 9.17) is 4.98 Å². The highest BCUT2D eigenvalue weighted by Crippen LogP contribution is 2.26. The van der Waals surface area contributed by atoms with Crippen molar-refractivity contribution in [3.63, 3.8) is 0 Å². The first-order valence-electron chi connectivity index (χ1n) is 9.50. The highest BCUT2D eigenvalue weighted by atomic mass is 32.2. The summed E-state index contributed by atoms with van der Waals surface area (Å²) in [7, 11) is 0. The van der Waals surface area contributed by atoms with Crippen LogP contribution in [0.4, 0.5) is 0 Å². The largest absolute Gasteiger partial charge is 0.351 e. The maximum atomic E-state index is 13.0. The quantitative estimate of drug-likeness (QED) is 0.482. The van der Waals surface area contributed by atoms with Crippen LogP contribution in [0, 0.1) is 0 Å². The zero-order valence-corrected chi connectivity index (χ0v) is 17.2. The topological polar surface area (TPSA) is 64.0 Å². The van der Waals surface area contributed by atoms with Crippen LogP contribution in [-0.2, 0) is 11.3 Å². The van der Waals surface area contributed by atoms with Gasteiger partial charge in [0.1, 0.15) is 0 Å². The monoisotopic (exact) mass is 395 g/mol. The van der Waals surface area contributed by atoms with Gasteiger partial charge in [-0.15, -0.1) is 0 Å². The predicted molar refractivity (Wildman–Crippen MR) is 115 cm³/mol. The lowest BCUT2D eigenvalue weighted by molar-refractivity contribution is -0.120. The van der Waals surface area contributed by atoms with Gasteiger partial charge in [-0.2, -0.15) is 0 Å². The average Bonchev–Trinajstić information content (AvgIpc) is 2.72. The molecular formula is C22H25N3O2S. The van der Waals surface area contributed by atoms with Crippen LogP contribution in [0.25, 0.3) is 10.9 Å². The normalized spacial score (nSPS) is 13.2. The molecule has 0 spiro atoms. The molecule has 0 aliphatic rings. The standard InChI is InChI=1S/C22H25N3O2S/c1-4-15(2)25-21(27)18-12-8-9-13-19(18)24-22(25)28-16(3)20(26)23-14-17-10-6-5-7-11-17/h5-13,15-16H,4,14H2,1-3H3,(H,23,26)/t15-,16-/m0/s1. The summed E-state index contributed by atoms with van der Waals surface area (Å²) in [5.41, 5.74) is 1.65. The second-order valence-electron chi connectivity index (χ2n) is 6.81. The van der Waals surface area contributed by atoms with Gasteiger partial charge in [0.15, 0.2) is 5.16 Å². The van der Waals surface area contributed by atoms with E-state index in [1.54, 1.807) is 10.6 Å². The van der Waals surface area contributed by atoms with Crippen molar-refractivity contribution < 1.29 is 4.79 Å². The summed E-state index contributed by atoms with van der Waals surface area (Å²) in [6, 6.07) is 17.2. The first-order valence-corrected chi connectivity index (χ1v) is 10.4. The molecule has 0 radical (unpaired) electrons. The average molecular weight is 396 g/mol. The zero-order valence-electron chi connectivity index (χ0n) is 16.4. The fraction of sp³-hybridized carbons (Fsp3) is 0.318. The van der Waals surface area contributed by atoms with Crippen LogP contribution < -0.4 is 10.9 Å². The summed E-state index contributed by atoms with van der Waals surface area (Å²) < 4.78 is 1.72. The Labute approximate surface area is 169 Å². The number of aromatic nitrogens is 2. The molecule has 0 bridgehead atoms. The van der Waals surface area contributed by atoms with Crippen molar-refractivity contribution in [1.82, 2.24) is 14.9 Å². The maximum absolute atomic E-state index is 13.0. The molecule has 146 valence electrons. The molecule has 0 unspecified atom stereocenters. The molecule has 1 aromatic heterocycles. The van der Waals surface area contributed by atoms with Crippen LogP contribution in [0.15, 0.2) is 64.5 Å². The molecule has 3 rings (SSSR count). The van der Waals surface area contributed by atoms with E-state index in [-0.39, 0.29) is 22.8 Å². The highest BCUT2D eigenvalue weighted by Gasteiger charge is 2.21. The number of amides is 1. The fourth-order valence-electron chi connectivity index (χ4n) is 2.92. The number of hydrogen-bond acceptors (Lipinski definition) is 4. The minimum atomic E-state index is -0.368. The second-order valence-corrected chi connectivity index (χ2v) is 8.12. The molecule has 0 saturated heterocycles. The van der Waals surface area contributed by atoms with E-state index in [9.17, 15) is 9.59 Å². The van der Waals surface area contributed by atoms with Gasteiger partial charge < -0.3 is 5.32 Å². The van der Waals surface area contributed by atoms with E-state index < -0.39 is 0 Å². The van der Waals surface area contributed by atoms with E-state index in [2.05, 4.69) is 5.32 Å². The molecular weight excluding hydrogens is 370 g/mol. The van der Waals surface area contributed by atoms with Crippen LogP contribution >= 0.6 is 11.8 Å². The van der Waals surface area contributed by atoms with Crippen LogP contribution in [-0.4, -0.2) is 20.7 Å². The van der Waals surface area contributed by atoms with Crippen LogP contribution in [0.3, 0.4) is 0 Å². The second kappa shape index (κ2) is 9.06. The molecule has 0 aliphatic heterocycles. The maximum Gasteiger partial charge on any atom is 0.262 e. The summed E-state index contributed by atoms with van der Waals surface area (Å²) in [4.78, 5) is 30.3. The van der Waals surface area contributed by atoms with Gasteiger partial charge in [-0.3, -0.25) is 14.2 Å². The molecule has 1 heterocycles. The molecule has 2 aromatic carbocycles. The molecule has 1 amide bonds. The Kier molecular flexibility index (Phi) is 6.52. The Morgan fingerprint density at radius 3 is 2.50 bits per heavy atom. The Morgan fingerprint density at radius 2 is 1.79 bits per heavy atom. The molecule has 0 aliphatic carbocycles. The summed E-state index contributed by atoms with van der Waals surface area (Å²) in [5, 5.41) is 3.78. The summed E-state index contributed by atoms with van der Waals surface area (Å²) in [6.45, 7) is 6.36. The lowest BCUT2D eigenvalue weighted by Gasteiger charge is -2.20. The number of benzene rings is 2. The number of carbonyl (C=O) groups excluding carboxylic acids is 1. The number of fused-ring (bicyclic) bond motifs is 1. The van der Waals surface area contributed by atoms with Crippen molar-refractivity contribution in [3.05, 3.63) is 70.5 Å². The van der Waals surface area contributed by atoms with Crippen molar-refractivity contribution >= 4 is 28.6 Å². The van der Waals surface area contributed by atoms with Gasteiger partial charge in [-0.05, 0) is 38.0 Å². The fourth-order valence-corrected chi connectivity index (χ4v) is 3.95. The van der Waals surface area contributed by atoms with Gasteiger partial charge in [0.25, 0.3) is 5.56 Å². The Morgan fingerprint density at radius 1 is 1.11 bits per heavy atom. The SMILES string of the molecule is CC[C@H](C)n1c(S[C@@H](C)C(=O)NCc2ccccc2)nc2ccccc2c1=O. The molecule has 2 atom stereocenters. The summed E-state index contributed by atoms with van der Waals surface area (Å²) >= 11 is 1.33. The third kappa shape index (κ3) is 4.44. The van der Waals surface area contributed by atoms with E-state index in [1.807, 2.05) is 69.3 Å². The molecule has 0 saturated carbocycles. The molecule has 6 heteroatoms. The Bertz CT molecular complexity index is 1020. The van der Waals surface area contributed by atoms with Crippen LogP contribution in [0.2, 0.25) is 0 Å². The number of thioether (sulfide) groups is 1. The Hall–Kier alpha value is -2.60. The third-order valence-corrected chi connectivity index (χ3v) is 5.83. The van der Waals surface area contributed by atoms with Gasteiger partial charge >= 0.3 is 0 Å². The van der Waals surface area contributed by atoms with E-state index in [0.717, 1.165) is 12.0 Å². The van der Waals surface area contributed by atoms with Crippen molar-refractivity contribution in [2.24, 2.45) is 0 Å². The van der Waals surface area contributed by atoms with Crippen molar-refractivity contribution in [1.29, 1.82) is 0 Å². The van der Waals surface area contributed by atoms with Gasteiger partial charge in [0, 0.05) is 12.6 Å². The molecule has 5 nitrogen and oxygen atoms in total. The first-order chi connectivity index (χ1) is 13.5. The molecule has 28 heavy (non-hydrogen) atoms. The Balaban J connectivity index is 1.83. The predicted octanol–water partition coefficient (Wildman–Crippen LogP) is 4.16. The minimum Gasteiger partial charge on any atom is -0.351 e. The number of nitrogens with zero attached hydrogens (tertiary/aromatic N) is 2. The van der Waals surface area contributed by atoms with Gasteiger partial charge in [0.2, 0.25) is 5.91 Å². The van der Waals surface area contributed by atoms with Crippen LogP contribution in [0.5, 0.6) is 0 Å². The number of hydrogen-bond donors (Lipinski definition) is 1. The van der Waals surface area contributed by atoms with Gasteiger partial charge in [-0.1, -0.05) is 61.2 Å². The van der Waals surface area contributed by atoms with Gasteiger partial charge in [0.05, 0.1) is 16.2 Å². The summed E-state index contributed by atoms with van der Waals surface area (Å²) in [6.07, 6.45) is 0.808. The smallest absolute Gasteiger partial charge is 0.262 e. The molecule has 1 N–H and O–H groups in total. The molecule has 0 fully saturated rings. The van der Waals surface area contributed by atoms with E-state index in [1.165, 1.54) is 11.8 Å². The first kappa shape index (κ1) is 20.1. The number of nitrogens with one attached hydrogen (secondary N) is 1. The number of para-hydroxylation sites is 1. The molecule has 3 aromatic rings.